The molecule has 2 aromatic carbocycles. The Balaban J connectivity index is -0.000000595. The van der Waals surface area contributed by atoms with Gasteiger partial charge in [-0.25, -0.2) is 0 Å². The lowest BCUT2D eigenvalue weighted by atomic mass is 10.1. The fraction of sp³-hybridized carbons (Fsp3) is 0.394. The van der Waals surface area contributed by atoms with Gasteiger partial charge in [0.2, 0.25) is 0 Å². The quantitative estimate of drug-likeness (QED) is 0.104. The van der Waals surface area contributed by atoms with E-state index in [1.807, 2.05) is 60.8 Å². The van der Waals surface area contributed by atoms with Crippen molar-refractivity contribution in [3.63, 3.8) is 0 Å². The van der Waals surface area contributed by atoms with E-state index in [1.165, 1.54) is 6.92 Å². The van der Waals surface area contributed by atoms with Crippen molar-refractivity contribution in [3.8, 4) is 0 Å². The first-order chi connectivity index (χ1) is 24.5. The number of H-pyrrole nitrogens is 1. The topological polar surface area (TPSA) is 396 Å². The molecule has 1 heterocycles. The number of aliphatic carboxylic acids is 6. The van der Waals surface area contributed by atoms with E-state index in [-0.39, 0.29) is 18.2 Å². The molecule has 0 spiro atoms. The van der Waals surface area contributed by atoms with Gasteiger partial charge in [0.25, 0.3) is 0 Å². The van der Waals surface area contributed by atoms with Crippen LogP contribution in [0.4, 0.5) is 0 Å². The zero-order chi connectivity index (χ0) is 41.8. The zero-order valence-corrected chi connectivity index (χ0v) is 30.5. The first-order valence-corrected chi connectivity index (χ1v) is 16.2. The summed E-state index contributed by atoms with van der Waals surface area (Å²) in [7, 11) is 0. The van der Waals surface area contributed by atoms with Crippen LogP contribution in [-0.2, 0) is 41.6 Å². The maximum atomic E-state index is 10.6. The third-order valence-electron chi connectivity index (χ3n) is 6.13. The molecule has 3 rings (SSSR count). The van der Waals surface area contributed by atoms with E-state index in [1.54, 1.807) is 13.8 Å². The van der Waals surface area contributed by atoms with Gasteiger partial charge in [0.15, 0.2) is 0 Å². The molecule has 0 aliphatic rings. The van der Waals surface area contributed by atoms with Crippen molar-refractivity contribution in [3.05, 3.63) is 71.9 Å². The molecule has 0 saturated carbocycles. The number of carboxylic acids is 6. The second-order valence-electron chi connectivity index (χ2n) is 11.1. The molecule has 19 N–H and O–H groups in total. The molecule has 3 aromatic rings. The maximum Gasteiger partial charge on any atom is 0.321 e. The Hall–Kier alpha value is -5.09. The van der Waals surface area contributed by atoms with Crippen molar-refractivity contribution in [2.45, 2.75) is 63.8 Å². The molecule has 5 atom stereocenters. The first kappa shape index (κ1) is 52.3. The highest BCUT2D eigenvalue weighted by atomic mass is 32.1. The zero-order valence-electron chi connectivity index (χ0n) is 29.6. The second kappa shape index (κ2) is 29.5. The van der Waals surface area contributed by atoms with Crippen LogP contribution in [0.1, 0.15) is 31.9 Å². The number of fused-ring (bicyclic) bond motifs is 1. The summed E-state index contributed by atoms with van der Waals surface area (Å²) in [6.45, 7) is 4.69. The summed E-state index contributed by atoms with van der Waals surface area (Å²) in [5.41, 5.74) is 33.2. The number of aromatic nitrogens is 1. The first-order valence-electron chi connectivity index (χ1n) is 15.6. The number of carboxylic acid groups (broad SMARTS) is 6. The highest BCUT2D eigenvalue weighted by Gasteiger charge is 2.15. The Labute approximate surface area is 311 Å². The lowest BCUT2D eigenvalue weighted by Gasteiger charge is -2.07. The molecule has 0 saturated heterocycles. The van der Waals surface area contributed by atoms with Crippen molar-refractivity contribution in [2.75, 3.05) is 12.3 Å². The highest BCUT2D eigenvalue weighted by molar-refractivity contribution is 7.80. The molecule has 20 heteroatoms. The van der Waals surface area contributed by atoms with Crippen LogP contribution >= 0.6 is 12.6 Å². The molecule has 1 aromatic heterocycles. The number of rotatable bonds is 12. The number of hydrogen-bond donors (Lipinski definition) is 14. The summed E-state index contributed by atoms with van der Waals surface area (Å²) in [5.74, 6) is -5.59. The molecular formula is C33H53N7O12S. The number of benzene rings is 2. The summed E-state index contributed by atoms with van der Waals surface area (Å²) in [5, 5.41) is 50.0. The van der Waals surface area contributed by atoms with E-state index < -0.39 is 66.0 Å². The largest absolute Gasteiger partial charge is 0.480 e. The van der Waals surface area contributed by atoms with Gasteiger partial charge in [-0.05, 0) is 36.5 Å². The van der Waals surface area contributed by atoms with Gasteiger partial charge < -0.3 is 70.0 Å². The van der Waals surface area contributed by atoms with Gasteiger partial charge in [0, 0.05) is 29.3 Å². The standard InChI is InChI=1S/C11H12N2O2.C9H11NO2.C5H11NO2.C3H7NO2S.C3H7NO2.C2H5NO2/c12-9(11(14)15)5-7-6-13-10-4-2-1-3-8(7)10;10-8(9(11)12)6-7-4-2-1-3-5-7;1-3(2)4(6)5(7)8;4-2(1-7)3(5)6;1-2(4)3(5)6;3-1-2(4)5/h1-4,6,9,13H,5,12H2,(H,14,15);1-5,8H,6,10H2,(H,11,12);3-4H,6H2,1-2H3,(H,7,8);2,7H,1,4H2,(H,5,6);2H,4H2,1H3,(H,5,6);1,3H2,(H,4,5)/t9-;8-;4-;2*2-;/m00000./s1. The Kier molecular flexibility index (Phi) is 29.1. The van der Waals surface area contributed by atoms with Gasteiger partial charge in [-0.2, -0.15) is 12.6 Å². The SMILES string of the molecule is CC(C)[C@H](N)C(=O)O.C[C@H](N)C(=O)O.NCC(=O)O.N[C@@H](CS)C(=O)O.N[C@@H](Cc1c[nH]c2ccccc12)C(=O)O.N[C@@H](Cc1ccccc1)C(=O)O. The predicted octanol–water partition coefficient (Wildman–Crippen LogP) is -0.406. The minimum absolute atomic E-state index is 0.0208. The smallest absolute Gasteiger partial charge is 0.321 e. The number of nitrogens with one attached hydrogen (secondary N) is 1. The van der Waals surface area contributed by atoms with Gasteiger partial charge in [-0.3, -0.25) is 28.8 Å². The van der Waals surface area contributed by atoms with Crippen molar-refractivity contribution in [1.29, 1.82) is 0 Å². The third-order valence-corrected chi connectivity index (χ3v) is 6.52. The average molecular weight is 772 g/mol. The highest BCUT2D eigenvalue weighted by Crippen LogP contribution is 2.18. The number of carbonyl (C=O) groups is 6. The van der Waals surface area contributed by atoms with Crippen molar-refractivity contribution >= 4 is 59.3 Å². The molecule has 0 bridgehead atoms. The molecule has 0 amide bonds. The van der Waals surface area contributed by atoms with E-state index in [4.69, 9.17) is 59.3 Å². The number of hydrogen-bond acceptors (Lipinski definition) is 13. The Morgan fingerprint density at radius 2 is 1.06 bits per heavy atom. The third kappa shape index (κ3) is 27.3. The van der Waals surface area contributed by atoms with Crippen molar-refractivity contribution in [1.82, 2.24) is 4.98 Å². The lowest BCUT2D eigenvalue weighted by molar-refractivity contribution is -0.140. The number of thiol groups is 1. The molecule has 298 valence electrons. The maximum absolute atomic E-state index is 10.6. The molecule has 19 nitrogen and oxygen atoms in total. The summed E-state index contributed by atoms with van der Waals surface area (Å²) >= 11 is 3.65. The van der Waals surface area contributed by atoms with Gasteiger partial charge in [0.05, 0.1) is 6.54 Å². The summed E-state index contributed by atoms with van der Waals surface area (Å²) in [4.78, 5) is 62.7. The van der Waals surface area contributed by atoms with E-state index in [0.717, 1.165) is 22.0 Å². The Bertz CT molecular complexity index is 1520. The number of para-hydroxylation sites is 1. The van der Waals surface area contributed by atoms with E-state index in [0.29, 0.717) is 12.8 Å². The van der Waals surface area contributed by atoms with Crippen LogP contribution in [0.15, 0.2) is 60.8 Å². The van der Waals surface area contributed by atoms with Crippen LogP contribution in [0.2, 0.25) is 0 Å². The van der Waals surface area contributed by atoms with Crippen LogP contribution in [0.3, 0.4) is 0 Å². The fourth-order valence-corrected chi connectivity index (χ4v) is 3.10. The molecule has 0 aliphatic carbocycles. The van der Waals surface area contributed by atoms with Gasteiger partial charge >= 0.3 is 35.8 Å². The number of aromatic amines is 1. The van der Waals surface area contributed by atoms with Crippen LogP contribution in [0.5, 0.6) is 0 Å². The lowest BCUT2D eigenvalue weighted by Crippen LogP contribution is -2.34. The van der Waals surface area contributed by atoms with Gasteiger partial charge in [-0.1, -0.05) is 62.4 Å². The van der Waals surface area contributed by atoms with Crippen LogP contribution in [0, 0.1) is 5.92 Å². The molecule has 0 radical (unpaired) electrons. The second-order valence-corrected chi connectivity index (χ2v) is 11.5. The molecule has 0 aliphatic heterocycles. The molecular weight excluding hydrogens is 718 g/mol. The van der Waals surface area contributed by atoms with Crippen molar-refractivity contribution in [2.24, 2.45) is 40.3 Å². The monoisotopic (exact) mass is 771 g/mol. The molecule has 0 unspecified atom stereocenters. The fourth-order valence-electron chi connectivity index (χ4n) is 2.94. The van der Waals surface area contributed by atoms with Gasteiger partial charge in [-0.15, -0.1) is 0 Å². The Morgan fingerprint density at radius 3 is 1.38 bits per heavy atom. The van der Waals surface area contributed by atoms with Gasteiger partial charge in [0.1, 0.15) is 30.2 Å². The predicted molar refractivity (Wildman–Crippen MR) is 201 cm³/mol. The normalized spacial score (nSPS) is 12.6. The van der Waals surface area contributed by atoms with Crippen molar-refractivity contribution < 1.29 is 59.4 Å². The van der Waals surface area contributed by atoms with E-state index in [9.17, 15) is 28.8 Å². The van der Waals surface area contributed by atoms with Crippen LogP contribution < -0.4 is 34.4 Å². The summed E-state index contributed by atoms with van der Waals surface area (Å²) in [6, 6.07) is 13.2. The van der Waals surface area contributed by atoms with E-state index >= 15 is 0 Å². The van der Waals surface area contributed by atoms with Crippen LogP contribution in [0.25, 0.3) is 10.9 Å². The Morgan fingerprint density at radius 1 is 0.642 bits per heavy atom. The van der Waals surface area contributed by atoms with E-state index in [2.05, 4.69) is 23.3 Å². The number of nitrogens with two attached hydrogens (primary N) is 6. The minimum Gasteiger partial charge on any atom is -0.480 e. The summed E-state index contributed by atoms with van der Waals surface area (Å²) < 4.78 is 0. The van der Waals surface area contributed by atoms with Crippen LogP contribution in [-0.4, -0.2) is 114 Å². The summed E-state index contributed by atoms with van der Waals surface area (Å²) in [6.07, 6.45) is 2.54. The molecule has 53 heavy (non-hydrogen) atoms. The average Bonchev–Trinajstić information content (AvgIpc) is 3.51. The molecule has 0 fully saturated rings. The minimum atomic E-state index is -1.00.